The third-order valence-electron chi connectivity index (χ3n) is 3.22. The molecule has 0 saturated carbocycles. The molecule has 0 saturated heterocycles. The number of hydrogen-bond donors (Lipinski definition) is 0. The average molecular weight is 331 g/mol. The molecule has 0 aliphatic heterocycles. The van der Waals surface area contributed by atoms with Gasteiger partial charge in [0.1, 0.15) is 0 Å². The van der Waals surface area contributed by atoms with Crippen molar-refractivity contribution >= 4 is 21.4 Å². The molecule has 0 bridgehead atoms. The Morgan fingerprint density at radius 2 is 1.67 bits per heavy atom. The third kappa shape index (κ3) is 4.51. The second-order valence-electron chi connectivity index (χ2n) is 4.74. The van der Waals surface area contributed by atoms with Crippen LogP contribution in [0.4, 0.5) is 0 Å². The summed E-state index contributed by atoms with van der Waals surface area (Å²) in [6.45, 7) is 3.82. The molecule has 0 aliphatic rings. The van der Waals surface area contributed by atoms with E-state index in [-0.39, 0.29) is 29.6 Å². The SMILES string of the molecule is Cc1cc(CCl)c(C)cc1[CH-]S(=O)(=O)c1ccccc1.[Na+]. The number of benzene rings is 2. The number of sulfone groups is 1. The fourth-order valence-corrected chi connectivity index (χ4v) is 3.56. The van der Waals surface area contributed by atoms with Gasteiger partial charge in [0, 0.05) is 5.88 Å². The fourth-order valence-electron chi connectivity index (χ4n) is 2.01. The molecule has 0 aliphatic carbocycles. The van der Waals surface area contributed by atoms with Gasteiger partial charge in [0.15, 0.2) is 9.84 Å². The molecule has 2 aromatic carbocycles. The van der Waals surface area contributed by atoms with Crippen molar-refractivity contribution in [3.05, 3.63) is 70.5 Å². The van der Waals surface area contributed by atoms with Crippen molar-refractivity contribution in [2.75, 3.05) is 0 Å². The summed E-state index contributed by atoms with van der Waals surface area (Å²) < 4.78 is 24.7. The molecule has 0 N–H and O–H groups in total. The first kappa shape index (κ1) is 18.6. The van der Waals surface area contributed by atoms with Gasteiger partial charge in [-0.25, -0.2) is 8.42 Å². The smallest absolute Gasteiger partial charge is 0.232 e. The van der Waals surface area contributed by atoms with Gasteiger partial charge < -0.3 is 0 Å². The molecular formula is C16H16ClNaO2S. The normalized spacial score (nSPS) is 10.8. The van der Waals surface area contributed by atoms with Crippen LogP contribution in [0.1, 0.15) is 22.3 Å². The van der Waals surface area contributed by atoms with Crippen molar-refractivity contribution in [3.63, 3.8) is 0 Å². The third-order valence-corrected chi connectivity index (χ3v) is 5.00. The van der Waals surface area contributed by atoms with Crippen LogP contribution in [0, 0.1) is 19.6 Å². The first-order valence-electron chi connectivity index (χ1n) is 6.25. The zero-order valence-electron chi connectivity index (χ0n) is 12.4. The van der Waals surface area contributed by atoms with Crippen molar-refractivity contribution < 1.29 is 38.0 Å². The zero-order valence-corrected chi connectivity index (χ0v) is 16.0. The van der Waals surface area contributed by atoms with Gasteiger partial charge in [0.25, 0.3) is 0 Å². The Balaban J connectivity index is 0.00000220. The van der Waals surface area contributed by atoms with Gasteiger partial charge in [-0.3, -0.25) is 0 Å². The molecule has 21 heavy (non-hydrogen) atoms. The predicted molar refractivity (Wildman–Crippen MR) is 82.5 cm³/mol. The minimum Gasteiger partial charge on any atom is -0.232 e. The topological polar surface area (TPSA) is 34.1 Å². The van der Waals surface area contributed by atoms with E-state index in [0.717, 1.165) is 16.7 Å². The molecule has 0 amide bonds. The summed E-state index contributed by atoms with van der Waals surface area (Å²) in [5.41, 5.74) is 3.64. The van der Waals surface area contributed by atoms with Gasteiger partial charge in [-0.05, 0) is 12.1 Å². The maximum Gasteiger partial charge on any atom is 1.00 e. The van der Waals surface area contributed by atoms with Crippen LogP contribution in [0.2, 0.25) is 0 Å². The van der Waals surface area contributed by atoms with Crippen LogP contribution in [0.15, 0.2) is 47.4 Å². The van der Waals surface area contributed by atoms with E-state index in [0.29, 0.717) is 16.3 Å². The maximum atomic E-state index is 12.3. The monoisotopic (exact) mass is 330 g/mol. The van der Waals surface area contributed by atoms with E-state index in [1.165, 1.54) is 5.75 Å². The average Bonchev–Trinajstić information content (AvgIpc) is 2.43. The van der Waals surface area contributed by atoms with Crippen LogP contribution in [0.3, 0.4) is 0 Å². The number of hydrogen-bond acceptors (Lipinski definition) is 2. The van der Waals surface area contributed by atoms with Crippen molar-refractivity contribution in [1.29, 1.82) is 0 Å². The van der Waals surface area contributed by atoms with Crippen LogP contribution in [0.25, 0.3) is 0 Å². The number of rotatable bonds is 4. The number of alkyl halides is 1. The van der Waals surface area contributed by atoms with Crippen molar-refractivity contribution in [3.8, 4) is 0 Å². The van der Waals surface area contributed by atoms with E-state index >= 15 is 0 Å². The van der Waals surface area contributed by atoms with Crippen LogP contribution < -0.4 is 29.6 Å². The summed E-state index contributed by atoms with van der Waals surface area (Å²) in [6.07, 6.45) is 0. The van der Waals surface area contributed by atoms with Crippen LogP contribution in [0.5, 0.6) is 0 Å². The molecule has 0 radical (unpaired) electrons. The van der Waals surface area contributed by atoms with Gasteiger partial charge in [0.2, 0.25) is 0 Å². The first-order valence-corrected chi connectivity index (χ1v) is 8.33. The Morgan fingerprint density at radius 3 is 2.24 bits per heavy atom. The van der Waals surface area contributed by atoms with E-state index in [1.54, 1.807) is 30.3 Å². The summed E-state index contributed by atoms with van der Waals surface area (Å²) in [4.78, 5) is 0.304. The Bertz CT molecular complexity index is 713. The number of halogens is 1. The molecule has 2 nitrogen and oxygen atoms in total. The zero-order chi connectivity index (χ0) is 14.8. The minimum absolute atomic E-state index is 0. The van der Waals surface area contributed by atoms with E-state index in [2.05, 4.69) is 0 Å². The molecule has 106 valence electrons. The Hall–Kier alpha value is -0.450. The Kier molecular flexibility index (Phi) is 6.82. The molecular weight excluding hydrogens is 315 g/mol. The molecule has 0 atom stereocenters. The van der Waals surface area contributed by atoms with E-state index < -0.39 is 9.84 Å². The maximum absolute atomic E-state index is 12.3. The predicted octanol–water partition coefficient (Wildman–Crippen LogP) is 1.03. The molecule has 0 unspecified atom stereocenters. The summed E-state index contributed by atoms with van der Waals surface area (Å²) in [5.74, 6) is 1.75. The summed E-state index contributed by atoms with van der Waals surface area (Å²) in [6, 6.07) is 12.2. The molecule has 5 heteroatoms. The van der Waals surface area contributed by atoms with Crippen LogP contribution in [-0.4, -0.2) is 8.42 Å². The largest absolute Gasteiger partial charge is 1.00 e. The molecule has 0 fully saturated rings. The summed E-state index contributed by atoms with van der Waals surface area (Å²) >= 11 is 5.86. The van der Waals surface area contributed by atoms with Crippen molar-refractivity contribution in [2.24, 2.45) is 0 Å². The van der Waals surface area contributed by atoms with Gasteiger partial charge in [-0.15, -0.1) is 23.2 Å². The first-order chi connectivity index (χ1) is 9.44. The van der Waals surface area contributed by atoms with Gasteiger partial charge in [-0.2, -0.15) is 17.2 Å². The van der Waals surface area contributed by atoms with Crippen molar-refractivity contribution in [1.82, 2.24) is 0 Å². The Morgan fingerprint density at radius 1 is 1.05 bits per heavy atom. The van der Waals surface area contributed by atoms with Crippen LogP contribution in [-0.2, 0) is 15.7 Å². The Labute approximate surface area is 153 Å². The van der Waals surface area contributed by atoms with Gasteiger partial charge in [0.05, 0.1) is 4.90 Å². The second-order valence-corrected chi connectivity index (χ2v) is 6.81. The van der Waals surface area contributed by atoms with Gasteiger partial charge in [-0.1, -0.05) is 43.4 Å². The van der Waals surface area contributed by atoms with E-state index in [4.69, 9.17) is 11.6 Å². The molecule has 0 aromatic heterocycles. The standard InChI is InChI=1S/C16H16ClO2S.Na/c1-12-9-15(13(2)8-14(12)10-17)11-20(18,19)16-6-4-3-5-7-16;/h3-9,11H,10H2,1-2H3;/q-1;+1. The molecule has 2 rings (SSSR count). The summed E-state index contributed by atoms with van der Waals surface area (Å²) in [5, 5.41) is 0. The van der Waals surface area contributed by atoms with Crippen LogP contribution >= 0.6 is 11.6 Å². The molecule has 0 heterocycles. The van der Waals surface area contributed by atoms with E-state index in [9.17, 15) is 8.42 Å². The molecule has 2 aromatic rings. The van der Waals surface area contributed by atoms with Gasteiger partial charge >= 0.3 is 29.6 Å². The second kappa shape index (κ2) is 7.70. The van der Waals surface area contributed by atoms with E-state index in [1.807, 2.05) is 26.0 Å². The molecule has 0 spiro atoms. The summed E-state index contributed by atoms with van der Waals surface area (Å²) in [7, 11) is -3.43. The fraction of sp³-hybridized carbons (Fsp3) is 0.188. The number of aryl methyl sites for hydroxylation is 2. The quantitative estimate of drug-likeness (QED) is 0.477. The van der Waals surface area contributed by atoms with Crippen molar-refractivity contribution in [2.45, 2.75) is 24.6 Å². The minimum atomic E-state index is -3.43.